The first-order chi connectivity index (χ1) is 9.33. The van der Waals surface area contributed by atoms with Crippen LogP contribution in [0.4, 0.5) is 10.9 Å². The van der Waals surface area contributed by atoms with E-state index in [0.717, 1.165) is 27.8 Å². The van der Waals surface area contributed by atoms with Gasteiger partial charge in [-0.2, -0.15) is 0 Å². The summed E-state index contributed by atoms with van der Waals surface area (Å²) in [4.78, 5) is 12.9. The van der Waals surface area contributed by atoms with E-state index in [0.29, 0.717) is 0 Å². The van der Waals surface area contributed by atoms with E-state index in [-0.39, 0.29) is 0 Å². The lowest BCUT2D eigenvalue weighted by Gasteiger charge is -2.03. The summed E-state index contributed by atoms with van der Waals surface area (Å²) in [7, 11) is 0. The first-order valence-corrected chi connectivity index (χ1v) is 6.75. The molecule has 0 bridgehead atoms. The normalized spacial score (nSPS) is 10.4. The fraction of sp³-hybridized carbons (Fsp3) is 0.0714. The van der Waals surface area contributed by atoms with Crippen LogP contribution in [0.2, 0.25) is 0 Å². The van der Waals surface area contributed by atoms with Gasteiger partial charge in [-0.25, -0.2) is 9.97 Å². The Morgan fingerprint density at radius 1 is 1.16 bits per heavy atom. The Kier molecular flexibility index (Phi) is 3.20. The average Bonchev–Trinajstić information content (AvgIpc) is 2.91. The highest BCUT2D eigenvalue weighted by Gasteiger charge is 2.06. The summed E-state index contributed by atoms with van der Waals surface area (Å²) in [5.41, 5.74) is 3.04. The van der Waals surface area contributed by atoms with E-state index in [1.807, 2.05) is 42.8 Å². The van der Waals surface area contributed by atoms with Crippen molar-refractivity contribution in [2.45, 2.75) is 6.92 Å². The molecule has 3 rings (SSSR count). The van der Waals surface area contributed by atoms with Crippen LogP contribution in [0.25, 0.3) is 11.3 Å². The van der Waals surface area contributed by atoms with Crippen molar-refractivity contribution in [2.24, 2.45) is 0 Å². The Labute approximate surface area is 115 Å². The quantitative estimate of drug-likeness (QED) is 0.787. The molecule has 0 aliphatic rings. The number of hydrogen-bond donors (Lipinski definition) is 1. The van der Waals surface area contributed by atoms with Gasteiger partial charge in [-0.15, -0.1) is 11.3 Å². The van der Waals surface area contributed by atoms with Crippen LogP contribution in [0.5, 0.6) is 0 Å². The molecular weight excluding hydrogens is 256 g/mol. The minimum absolute atomic E-state index is 0.834. The molecule has 0 saturated heterocycles. The van der Waals surface area contributed by atoms with Crippen LogP contribution >= 0.6 is 11.3 Å². The Bertz CT molecular complexity index is 679. The number of pyridine rings is 2. The molecule has 0 saturated carbocycles. The van der Waals surface area contributed by atoms with Crippen LogP contribution in [-0.2, 0) is 0 Å². The van der Waals surface area contributed by atoms with Crippen LogP contribution in [-0.4, -0.2) is 15.0 Å². The maximum absolute atomic E-state index is 4.54. The molecule has 5 heteroatoms. The number of aryl methyl sites for hydroxylation is 1. The van der Waals surface area contributed by atoms with E-state index < -0.39 is 0 Å². The molecular formula is C14H12N4S. The Morgan fingerprint density at radius 3 is 2.84 bits per heavy atom. The summed E-state index contributed by atoms with van der Waals surface area (Å²) >= 11 is 1.56. The van der Waals surface area contributed by atoms with Crippen molar-refractivity contribution in [1.82, 2.24) is 15.0 Å². The Hall–Kier alpha value is -2.27. The van der Waals surface area contributed by atoms with Crippen molar-refractivity contribution >= 4 is 22.3 Å². The second-order valence-corrected chi connectivity index (χ2v) is 4.93. The summed E-state index contributed by atoms with van der Waals surface area (Å²) in [6.45, 7) is 2.02. The zero-order chi connectivity index (χ0) is 13.1. The Balaban J connectivity index is 1.85. The van der Waals surface area contributed by atoms with Crippen LogP contribution in [0.1, 0.15) is 5.56 Å². The molecule has 4 nitrogen and oxygen atoms in total. The zero-order valence-corrected chi connectivity index (χ0v) is 11.2. The van der Waals surface area contributed by atoms with E-state index in [9.17, 15) is 0 Å². The minimum Gasteiger partial charge on any atom is -0.316 e. The average molecular weight is 268 g/mol. The first-order valence-electron chi connectivity index (χ1n) is 5.87. The molecule has 94 valence electrons. The number of hydrogen-bond acceptors (Lipinski definition) is 5. The highest BCUT2D eigenvalue weighted by molar-refractivity contribution is 7.14. The van der Waals surface area contributed by atoms with Crippen molar-refractivity contribution in [3.8, 4) is 11.3 Å². The predicted octanol–water partition coefficient (Wildman–Crippen LogP) is 3.65. The van der Waals surface area contributed by atoms with Crippen molar-refractivity contribution in [2.75, 3.05) is 5.32 Å². The van der Waals surface area contributed by atoms with Gasteiger partial charge in [0.15, 0.2) is 5.13 Å². The number of aromatic nitrogens is 3. The molecule has 0 fully saturated rings. The van der Waals surface area contributed by atoms with E-state index in [2.05, 4.69) is 20.3 Å². The van der Waals surface area contributed by atoms with E-state index in [1.54, 1.807) is 23.7 Å². The first kappa shape index (κ1) is 11.8. The second kappa shape index (κ2) is 5.16. The third-order valence-corrected chi connectivity index (χ3v) is 3.45. The fourth-order valence-corrected chi connectivity index (χ4v) is 2.41. The molecule has 0 spiro atoms. The van der Waals surface area contributed by atoms with Gasteiger partial charge in [0.1, 0.15) is 5.82 Å². The number of nitrogens with zero attached hydrogens (tertiary/aromatic N) is 3. The maximum atomic E-state index is 4.54. The number of anilines is 2. The molecule has 0 aliphatic heterocycles. The van der Waals surface area contributed by atoms with Gasteiger partial charge in [-0.3, -0.25) is 4.98 Å². The third-order valence-electron chi connectivity index (χ3n) is 2.70. The summed E-state index contributed by atoms with van der Waals surface area (Å²) < 4.78 is 0. The van der Waals surface area contributed by atoms with Gasteiger partial charge < -0.3 is 5.32 Å². The Morgan fingerprint density at radius 2 is 2.05 bits per heavy atom. The monoisotopic (exact) mass is 268 g/mol. The molecule has 0 unspecified atom stereocenters. The standard InChI is InChI=1S/C14H12N4S/c1-10-4-2-7-16-13(10)18-14-17-12(9-19-14)11-5-3-6-15-8-11/h2-9H,1H3,(H,16,17,18). The summed E-state index contributed by atoms with van der Waals surface area (Å²) in [5.74, 6) is 0.842. The molecule has 0 aliphatic carbocycles. The topological polar surface area (TPSA) is 50.7 Å². The molecule has 0 atom stereocenters. The molecule has 0 aromatic carbocycles. The zero-order valence-electron chi connectivity index (χ0n) is 10.4. The highest BCUT2D eigenvalue weighted by Crippen LogP contribution is 2.26. The van der Waals surface area contributed by atoms with Gasteiger partial charge in [-0.1, -0.05) is 6.07 Å². The van der Waals surface area contributed by atoms with Crippen LogP contribution in [0.15, 0.2) is 48.2 Å². The van der Waals surface area contributed by atoms with Crippen LogP contribution in [0, 0.1) is 6.92 Å². The highest BCUT2D eigenvalue weighted by atomic mass is 32.1. The van der Waals surface area contributed by atoms with Crippen molar-refractivity contribution in [3.63, 3.8) is 0 Å². The van der Waals surface area contributed by atoms with Crippen LogP contribution in [0.3, 0.4) is 0 Å². The number of thiazole rings is 1. The predicted molar refractivity (Wildman–Crippen MR) is 77.6 cm³/mol. The van der Waals surface area contributed by atoms with Gasteiger partial charge in [0.2, 0.25) is 0 Å². The molecule has 0 amide bonds. The molecule has 3 aromatic heterocycles. The van der Waals surface area contributed by atoms with Gasteiger partial charge in [-0.05, 0) is 30.7 Å². The van der Waals surface area contributed by atoms with Gasteiger partial charge in [0, 0.05) is 29.5 Å². The number of rotatable bonds is 3. The summed E-state index contributed by atoms with van der Waals surface area (Å²) in [6, 6.07) is 7.84. The van der Waals surface area contributed by atoms with Gasteiger partial charge >= 0.3 is 0 Å². The fourth-order valence-electron chi connectivity index (χ4n) is 1.70. The van der Waals surface area contributed by atoms with Crippen LogP contribution < -0.4 is 5.32 Å². The molecule has 1 N–H and O–H groups in total. The van der Waals surface area contributed by atoms with E-state index >= 15 is 0 Å². The van der Waals surface area contributed by atoms with Crippen molar-refractivity contribution < 1.29 is 0 Å². The molecule has 19 heavy (non-hydrogen) atoms. The smallest absolute Gasteiger partial charge is 0.188 e. The molecule has 3 aromatic rings. The lowest BCUT2D eigenvalue weighted by molar-refractivity contribution is 1.24. The van der Waals surface area contributed by atoms with E-state index in [1.165, 1.54) is 0 Å². The largest absolute Gasteiger partial charge is 0.316 e. The molecule has 0 radical (unpaired) electrons. The SMILES string of the molecule is Cc1cccnc1Nc1nc(-c2cccnc2)cs1. The second-order valence-electron chi connectivity index (χ2n) is 4.07. The lowest BCUT2D eigenvalue weighted by Crippen LogP contribution is -1.95. The lowest BCUT2D eigenvalue weighted by atomic mass is 10.2. The summed E-state index contributed by atoms with van der Waals surface area (Å²) in [6.07, 6.45) is 5.34. The minimum atomic E-state index is 0.834. The maximum Gasteiger partial charge on any atom is 0.188 e. The third kappa shape index (κ3) is 2.61. The summed E-state index contributed by atoms with van der Waals surface area (Å²) in [5, 5.41) is 6.08. The van der Waals surface area contributed by atoms with E-state index in [4.69, 9.17) is 0 Å². The van der Waals surface area contributed by atoms with Gasteiger partial charge in [0.25, 0.3) is 0 Å². The van der Waals surface area contributed by atoms with Gasteiger partial charge in [0.05, 0.1) is 5.69 Å². The molecule has 3 heterocycles. The van der Waals surface area contributed by atoms with Crippen molar-refractivity contribution in [1.29, 1.82) is 0 Å². The van der Waals surface area contributed by atoms with Crippen molar-refractivity contribution in [3.05, 3.63) is 53.8 Å². The number of nitrogens with one attached hydrogen (secondary N) is 1.